The molecular weight excluding hydrogens is 696 g/mol. The van der Waals surface area contributed by atoms with Gasteiger partial charge in [0, 0.05) is 0 Å². The summed E-state index contributed by atoms with van der Waals surface area (Å²) in [6.45, 7) is 7.42. The topological polar surface area (TPSA) is 0 Å². The minimum atomic E-state index is 0. The second kappa shape index (κ2) is 16.7. The van der Waals surface area contributed by atoms with Gasteiger partial charge in [-0.1, -0.05) is 134 Å². The zero-order chi connectivity index (χ0) is 33.0. The first-order chi connectivity index (χ1) is 23.6. The standard InChI is InChI=1S/C25H21.C21H17.2CH3.Si.Zr/c1-2-8-18(9-3-1)21-16-20-12-7-15-24(25(20)17-21)23-14-6-11-19-10-4-5-13-22(19)23;1-14-12-20-15(2)10-11-19(21(20)13-14)18-9-5-7-16-6-3-4-8-17(16)18;;;;/h1-2,4-7,10-18H,3,8-9H2;3-13H,1-2H3;2*1H3;;/q4*-1;;. The molecule has 0 saturated carbocycles. The molecule has 0 amide bonds. The first-order valence-corrected chi connectivity index (χ1v) is 21.0. The molecule has 248 valence electrons. The van der Waals surface area contributed by atoms with Crippen LogP contribution in [-0.2, 0) is 23.3 Å². The van der Waals surface area contributed by atoms with E-state index in [2.05, 4.69) is 172 Å². The number of fused-ring (bicyclic) bond motifs is 4. The van der Waals surface area contributed by atoms with Crippen molar-refractivity contribution >= 4 is 50.0 Å². The average molecular weight is 740 g/mol. The van der Waals surface area contributed by atoms with Crippen molar-refractivity contribution in [1.29, 1.82) is 0 Å². The molecule has 8 aromatic rings. The van der Waals surface area contributed by atoms with Crippen LogP contribution in [0, 0.1) is 28.7 Å². The second-order valence-corrected chi connectivity index (χ2v) is 12.9. The Bertz CT molecular complexity index is 2390. The molecule has 0 bridgehead atoms. The molecule has 8 aromatic carbocycles. The number of allylic oxidation sites excluding steroid dienone is 2. The van der Waals surface area contributed by atoms with Crippen LogP contribution in [-0.4, -0.2) is 6.88 Å². The van der Waals surface area contributed by atoms with Gasteiger partial charge >= 0.3 is 30.2 Å². The van der Waals surface area contributed by atoms with E-state index in [0.717, 1.165) is 0 Å². The van der Waals surface area contributed by atoms with Gasteiger partial charge < -0.3 is 14.9 Å². The maximum atomic E-state index is 3.06. The Morgan fingerprint density at radius 2 is 1.12 bits per heavy atom. The molecule has 0 aliphatic heterocycles. The summed E-state index contributed by atoms with van der Waals surface area (Å²) in [5.74, 6) is 0.678. The summed E-state index contributed by atoms with van der Waals surface area (Å²) in [6.07, 6.45) is 8.33. The summed E-state index contributed by atoms with van der Waals surface area (Å²) < 4.78 is 0. The molecule has 0 fully saturated rings. The predicted molar refractivity (Wildman–Crippen MR) is 219 cm³/mol. The number of benzene rings is 6. The summed E-state index contributed by atoms with van der Waals surface area (Å²) in [6, 6.07) is 51.2. The number of aryl methyl sites for hydroxylation is 2. The third-order valence-corrected chi connectivity index (χ3v) is 9.92. The molecule has 1 aliphatic carbocycles. The van der Waals surface area contributed by atoms with E-state index < -0.39 is 0 Å². The Morgan fingerprint density at radius 1 is 0.560 bits per heavy atom. The van der Waals surface area contributed by atoms with Gasteiger partial charge in [-0.05, 0) is 57.9 Å². The van der Waals surface area contributed by atoms with Gasteiger partial charge in [-0.2, -0.15) is 12.1 Å². The Balaban J connectivity index is 0.000000181. The molecule has 1 aliphatic rings. The van der Waals surface area contributed by atoms with E-state index in [1.165, 1.54) is 125 Å². The number of hydrogen-bond acceptors (Lipinski definition) is 0. The summed E-state index contributed by atoms with van der Waals surface area (Å²) in [7, 11) is 0. The summed E-state index contributed by atoms with van der Waals surface area (Å²) in [5.41, 5.74) is 9.54. The van der Waals surface area contributed by atoms with Crippen LogP contribution in [0.3, 0.4) is 0 Å². The zero-order valence-corrected chi connectivity index (χ0v) is 33.1. The van der Waals surface area contributed by atoms with Crippen molar-refractivity contribution in [2.45, 2.75) is 39.0 Å². The van der Waals surface area contributed by atoms with Crippen LogP contribution in [0.25, 0.3) is 65.3 Å². The number of hydrogen-bond donors (Lipinski definition) is 0. The van der Waals surface area contributed by atoms with Gasteiger partial charge in [0.25, 0.3) is 0 Å². The van der Waals surface area contributed by atoms with Gasteiger partial charge in [0.15, 0.2) is 0 Å². The molecule has 2 heteroatoms. The normalized spacial score (nSPS) is 13.5. The monoisotopic (exact) mass is 738 g/mol. The molecule has 0 nitrogen and oxygen atoms in total. The molecule has 0 heterocycles. The van der Waals surface area contributed by atoms with Crippen LogP contribution in [0.15, 0.2) is 152 Å². The number of rotatable bonds is 3. The third kappa shape index (κ3) is 7.34. The molecule has 50 heavy (non-hydrogen) atoms. The van der Waals surface area contributed by atoms with Crippen molar-refractivity contribution in [3.8, 4) is 22.3 Å². The molecule has 0 aromatic heterocycles. The van der Waals surface area contributed by atoms with Crippen LogP contribution in [0.4, 0.5) is 0 Å². The van der Waals surface area contributed by atoms with E-state index >= 15 is 0 Å². The van der Waals surface area contributed by atoms with E-state index in [9.17, 15) is 0 Å². The molecule has 0 saturated heterocycles. The van der Waals surface area contributed by atoms with Gasteiger partial charge in [0.05, 0.1) is 0 Å². The first-order valence-electron chi connectivity index (χ1n) is 16.9. The predicted octanol–water partition coefficient (Wildman–Crippen LogP) is 13.7. The molecule has 0 N–H and O–H groups in total. The van der Waals surface area contributed by atoms with E-state index in [4.69, 9.17) is 0 Å². The molecule has 9 rings (SSSR count). The average Bonchev–Trinajstić information content (AvgIpc) is 3.77. The quantitative estimate of drug-likeness (QED) is 0.0961. The van der Waals surface area contributed by atoms with Gasteiger partial charge in [-0.3, -0.25) is 0 Å². The van der Waals surface area contributed by atoms with Crippen molar-refractivity contribution in [2.24, 2.45) is 0 Å². The van der Waals surface area contributed by atoms with Crippen LogP contribution in [0.2, 0.25) is 0 Å². The first kappa shape index (κ1) is 37.2. The molecule has 0 spiro atoms. The fraction of sp³-hybridized carbons (Fsp3) is 0.125. The zero-order valence-electron chi connectivity index (χ0n) is 29.6. The summed E-state index contributed by atoms with van der Waals surface area (Å²) in [5, 5.41) is 10.8. The fourth-order valence-corrected chi connectivity index (χ4v) is 7.57. The van der Waals surface area contributed by atoms with Gasteiger partial charge in [-0.15, -0.1) is 68.6 Å². The SMILES string of the molecule is C1=CCC(c2cc3c(-c4cccc5ccccc45)cccc3[cH-]2)CC1.Cc1cc2c(-c3cccc4ccccc34)ccc(C)c2[cH-]1.[CH3-].[CH3-].[Si]=[Zr]. The van der Waals surface area contributed by atoms with Crippen molar-refractivity contribution < 1.29 is 23.3 Å². The van der Waals surface area contributed by atoms with Crippen molar-refractivity contribution in [2.75, 3.05) is 0 Å². The fourth-order valence-electron chi connectivity index (χ4n) is 7.57. The molecule has 2 radical (unpaired) electrons. The van der Waals surface area contributed by atoms with Gasteiger partial charge in [0.1, 0.15) is 0 Å². The summed E-state index contributed by atoms with van der Waals surface area (Å²) in [4.78, 5) is 0. The van der Waals surface area contributed by atoms with Crippen LogP contribution in [0.5, 0.6) is 0 Å². The molecule has 1 unspecified atom stereocenters. The van der Waals surface area contributed by atoms with Crippen molar-refractivity contribution in [3.63, 3.8) is 0 Å². The second-order valence-electron chi connectivity index (χ2n) is 12.9. The Hall–Kier alpha value is -4.10. The van der Waals surface area contributed by atoms with Gasteiger partial charge in [0.2, 0.25) is 0 Å². The minimum absolute atomic E-state index is 0. The summed E-state index contributed by atoms with van der Waals surface area (Å²) >= 11 is 1.36. The van der Waals surface area contributed by atoms with E-state index in [1.807, 2.05) is 0 Å². The van der Waals surface area contributed by atoms with Crippen molar-refractivity contribution in [1.82, 2.24) is 0 Å². The van der Waals surface area contributed by atoms with Crippen LogP contribution in [0.1, 0.15) is 41.9 Å². The van der Waals surface area contributed by atoms with Crippen molar-refractivity contribution in [3.05, 3.63) is 183 Å². The van der Waals surface area contributed by atoms with E-state index in [1.54, 1.807) is 0 Å². The Labute approximate surface area is 315 Å². The molecular formula is C48H44SiZr-4. The van der Waals surface area contributed by atoms with Gasteiger partial charge in [-0.25, -0.2) is 0 Å². The Morgan fingerprint density at radius 3 is 1.74 bits per heavy atom. The van der Waals surface area contributed by atoms with Crippen LogP contribution >= 0.6 is 0 Å². The Kier molecular flexibility index (Phi) is 12.4. The van der Waals surface area contributed by atoms with E-state index in [0.29, 0.717) is 5.92 Å². The maximum absolute atomic E-state index is 3.06. The van der Waals surface area contributed by atoms with Crippen LogP contribution < -0.4 is 0 Å². The third-order valence-electron chi connectivity index (χ3n) is 9.92. The molecule has 1 atom stereocenters. The van der Waals surface area contributed by atoms with E-state index in [-0.39, 0.29) is 14.9 Å².